The molecule has 0 spiro atoms. The van der Waals surface area contributed by atoms with Crippen molar-refractivity contribution < 1.29 is 4.74 Å². The Morgan fingerprint density at radius 3 is 2.76 bits per heavy atom. The van der Waals surface area contributed by atoms with Crippen molar-refractivity contribution in [1.82, 2.24) is 4.98 Å². The van der Waals surface area contributed by atoms with Crippen LogP contribution in [0.5, 0.6) is 5.88 Å². The molecule has 0 aromatic carbocycles. The molecule has 0 aliphatic carbocycles. The molecule has 3 nitrogen and oxygen atoms in total. The number of hydrogen-bond donors (Lipinski definition) is 0. The zero-order chi connectivity index (χ0) is 12.8. The fourth-order valence-electron chi connectivity index (χ4n) is 1.72. The molecule has 1 atom stereocenters. The van der Waals surface area contributed by atoms with Gasteiger partial charge in [-0.25, -0.2) is 4.98 Å². The Kier molecular flexibility index (Phi) is 5.43. The van der Waals surface area contributed by atoms with Crippen molar-refractivity contribution in [3.8, 4) is 11.9 Å². The fraction of sp³-hybridized carbons (Fsp3) is 0.538. The molecule has 1 aromatic heterocycles. The molecular formula is C13H17BrN2O. The SMILES string of the molecule is CC(C)CC(C)COc1ncc(Br)cc1C#N. The van der Waals surface area contributed by atoms with E-state index < -0.39 is 0 Å². The second-order valence-electron chi connectivity index (χ2n) is 4.66. The lowest BCUT2D eigenvalue weighted by molar-refractivity contribution is 0.231. The van der Waals surface area contributed by atoms with Gasteiger partial charge in [0, 0.05) is 10.7 Å². The Morgan fingerprint density at radius 2 is 2.18 bits per heavy atom. The first-order chi connectivity index (χ1) is 8.02. The van der Waals surface area contributed by atoms with Gasteiger partial charge in [-0.2, -0.15) is 5.26 Å². The van der Waals surface area contributed by atoms with Crippen LogP contribution < -0.4 is 4.74 Å². The van der Waals surface area contributed by atoms with Crippen molar-refractivity contribution in [3.63, 3.8) is 0 Å². The monoisotopic (exact) mass is 296 g/mol. The molecular weight excluding hydrogens is 280 g/mol. The van der Waals surface area contributed by atoms with E-state index in [-0.39, 0.29) is 0 Å². The largest absolute Gasteiger partial charge is 0.476 e. The highest BCUT2D eigenvalue weighted by Crippen LogP contribution is 2.20. The first-order valence-corrected chi connectivity index (χ1v) is 6.50. The van der Waals surface area contributed by atoms with Crippen LogP contribution >= 0.6 is 15.9 Å². The van der Waals surface area contributed by atoms with E-state index in [0.29, 0.717) is 29.9 Å². The number of hydrogen-bond acceptors (Lipinski definition) is 3. The normalized spacial score (nSPS) is 12.2. The van der Waals surface area contributed by atoms with E-state index in [4.69, 9.17) is 10.00 Å². The van der Waals surface area contributed by atoms with Gasteiger partial charge in [0.05, 0.1) is 6.61 Å². The van der Waals surface area contributed by atoms with Crippen LogP contribution in [-0.2, 0) is 0 Å². The molecule has 0 saturated heterocycles. The van der Waals surface area contributed by atoms with E-state index in [1.807, 2.05) is 0 Å². The Morgan fingerprint density at radius 1 is 1.47 bits per heavy atom. The summed E-state index contributed by atoms with van der Waals surface area (Å²) in [6, 6.07) is 3.80. The number of rotatable bonds is 5. The minimum absolute atomic E-state index is 0.423. The Hall–Kier alpha value is -1.08. The molecule has 92 valence electrons. The van der Waals surface area contributed by atoms with Crippen LogP contribution in [0.3, 0.4) is 0 Å². The molecule has 0 saturated carbocycles. The number of nitriles is 1. The average molecular weight is 297 g/mol. The maximum Gasteiger partial charge on any atom is 0.231 e. The third kappa shape index (κ3) is 4.74. The topological polar surface area (TPSA) is 45.9 Å². The highest BCUT2D eigenvalue weighted by molar-refractivity contribution is 9.10. The first kappa shape index (κ1) is 14.0. The molecule has 4 heteroatoms. The molecule has 1 rings (SSSR count). The molecule has 0 aliphatic heterocycles. The Bertz CT molecular complexity index is 412. The average Bonchev–Trinajstić information content (AvgIpc) is 2.26. The van der Waals surface area contributed by atoms with Gasteiger partial charge in [0.25, 0.3) is 0 Å². The Labute approximate surface area is 111 Å². The van der Waals surface area contributed by atoms with Gasteiger partial charge in [0.2, 0.25) is 5.88 Å². The van der Waals surface area contributed by atoms with Crippen molar-refractivity contribution >= 4 is 15.9 Å². The second kappa shape index (κ2) is 6.61. The molecule has 0 fully saturated rings. The van der Waals surface area contributed by atoms with Crippen LogP contribution in [0.25, 0.3) is 0 Å². The highest BCUT2D eigenvalue weighted by atomic mass is 79.9. The minimum atomic E-state index is 0.423. The van der Waals surface area contributed by atoms with Crippen molar-refractivity contribution in [2.75, 3.05) is 6.61 Å². The van der Waals surface area contributed by atoms with Gasteiger partial charge >= 0.3 is 0 Å². The number of halogens is 1. The maximum atomic E-state index is 8.96. The summed E-state index contributed by atoms with van der Waals surface area (Å²) in [5.74, 6) is 1.54. The van der Waals surface area contributed by atoms with E-state index in [1.54, 1.807) is 12.3 Å². The van der Waals surface area contributed by atoms with E-state index in [2.05, 4.69) is 47.8 Å². The third-order valence-corrected chi connectivity index (χ3v) is 2.75. The summed E-state index contributed by atoms with van der Waals surface area (Å²) in [4.78, 5) is 4.11. The van der Waals surface area contributed by atoms with Crippen LogP contribution in [0, 0.1) is 23.2 Å². The zero-order valence-corrected chi connectivity index (χ0v) is 12.0. The van der Waals surface area contributed by atoms with Gasteiger partial charge in [-0.1, -0.05) is 20.8 Å². The molecule has 0 radical (unpaired) electrons. The van der Waals surface area contributed by atoms with Crippen molar-refractivity contribution in [2.24, 2.45) is 11.8 Å². The predicted octanol–water partition coefficient (Wildman–Crippen LogP) is 3.78. The summed E-state index contributed by atoms with van der Waals surface area (Å²) in [7, 11) is 0. The fourth-order valence-corrected chi connectivity index (χ4v) is 2.05. The third-order valence-electron chi connectivity index (χ3n) is 2.32. The van der Waals surface area contributed by atoms with Gasteiger partial charge in [-0.15, -0.1) is 0 Å². The highest BCUT2D eigenvalue weighted by Gasteiger charge is 2.10. The molecule has 0 aliphatic rings. The summed E-state index contributed by atoms with van der Waals surface area (Å²) in [5.41, 5.74) is 0.469. The molecule has 1 unspecified atom stereocenters. The molecule has 1 heterocycles. The van der Waals surface area contributed by atoms with E-state index in [1.165, 1.54) is 0 Å². The lowest BCUT2D eigenvalue weighted by Crippen LogP contribution is -2.12. The van der Waals surface area contributed by atoms with E-state index in [9.17, 15) is 0 Å². The number of aromatic nitrogens is 1. The smallest absolute Gasteiger partial charge is 0.231 e. The summed E-state index contributed by atoms with van der Waals surface area (Å²) in [6.45, 7) is 7.12. The lowest BCUT2D eigenvalue weighted by Gasteiger charge is -2.14. The molecule has 0 amide bonds. The summed E-state index contributed by atoms with van der Waals surface area (Å²) in [6.07, 6.45) is 2.75. The van der Waals surface area contributed by atoms with Crippen LogP contribution in [0.1, 0.15) is 32.8 Å². The standard InChI is InChI=1S/C13H17BrN2O/c1-9(2)4-10(3)8-17-13-11(6-15)5-12(14)7-16-13/h5,7,9-10H,4,8H2,1-3H3. The molecule has 17 heavy (non-hydrogen) atoms. The van der Waals surface area contributed by atoms with Gasteiger partial charge in [-0.05, 0) is 40.3 Å². The van der Waals surface area contributed by atoms with Gasteiger partial charge in [0.1, 0.15) is 11.6 Å². The van der Waals surface area contributed by atoms with Crippen LogP contribution in [0.4, 0.5) is 0 Å². The molecule has 0 N–H and O–H groups in total. The second-order valence-corrected chi connectivity index (χ2v) is 5.58. The van der Waals surface area contributed by atoms with Gasteiger partial charge in [0.15, 0.2) is 0 Å². The van der Waals surface area contributed by atoms with E-state index in [0.717, 1.165) is 10.9 Å². The van der Waals surface area contributed by atoms with Crippen LogP contribution in [0.15, 0.2) is 16.7 Å². The number of pyridine rings is 1. The predicted molar refractivity (Wildman–Crippen MR) is 70.8 cm³/mol. The minimum Gasteiger partial charge on any atom is -0.476 e. The van der Waals surface area contributed by atoms with Crippen molar-refractivity contribution in [1.29, 1.82) is 5.26 Å². The van der Waals surface area contributed by atoms with Crippen molar-refractivity contribution in [3.05, 3.63) is 22.3 Å². The molecule has 1 aromatic rings. The van der Waals surface area contributed by atoms with Gasteiger partial charge in [-0.3, -0.25) is 0 Å². The molecule has 0 bridgehead atoms. The van der Waals surface area contributed by atoms with Crippen molar-refractivity contribution in [2.45, 2.75) is 27.2 Å². The van der Waals surface area contributed by atoms with E-state index >= 15 is 0 Å². The first-order valence-electron chi connectivity index (χ1n) is 5.71. The Balaban J connectivity index is 2.61. The van der Waals surface area contributed by atoms with Crippen LogP contribution in [0.2, 0.25) is 0 Å². The quantitative estimate of drug-likeness (QED) is 0.831. The number of ether oxygens (including phenoxy) is 1. The maximum absolute atomic E-state index is 8.96. The van der Waals surface area contributed by atoms with Gasteiger partial charge < -0.3 is 4.74 Å². The lowest BCUT2D eigenvalue weighted by atomic mass is 10.00. The summed E-state index contributed by atoms with van der Waals surface area (Å²) < 4.78 is 6.38. The van der Waals surface area contributed by atoms with Crippen LogP contribution in [-0.4, -0.2) is 11.6 Å². The summed E-state index contributed by atoms with van der Waals surface area (Å²) in [5, 5.41) is 8.96. The summed E-state index contributed by atoms with van der Waals surface area (Å²) >= 11 is 3.28. The number of nitrogens with zero attached hydrogens (tertiary/aromatic N) is 2. The zero-order valence-electron chi connectivity index (χ0n) is 10.4.